The van der Waals surface area contributed by atoms with Crippen molar-refractivity contribution in [3.05, 3.63) is 28.8 Å². The van der Waals surface area contributed by atoms with Crippen LogP contribution in [0.5, 0.6) is 5.75 Å². The van der Waals surface area contributed by atoms with E-state index in [0.29, 0.717) is 23.9 Å². The van der Waals surface area contributed by atoms with Crippen molar-refractivity contribution in [1.82, 2.24) is 10.2 Å². The van der Waals surface area contributed by atoms with E-state index in [-0.39, 0.29) is 18.2 Å². The molecule has 2 amide bonds. The van der Waals surface area contributed by atoms with E-state index in [4.69, 9.17) is 16.3 Å². The van der Waals surface area contributed by atoms with Crippen molar-refractivity contribution in [2.24, 2.45) is 0 Å². The normalized spacial score (nSPS) is 18.2. The zero-order valence-corrected chi connectivity index (χ0v) is 13.2. The number of benzene rings is 1. The summed E-state index contributed by atoms with van der Waals surface area (Å²) in [5.41, 5.74) is -0.164. The summed E-state index contributed by atoms with van der Waals surface area (Å²) in [5, 5.41) is 3.28. The van der Waals surface area contributed by atoms with Crippen molar-refractivity contribution in [1.29, 1.82) is 0 Å². The van der Waals surface area contributed by atoms with Gasteiger partial charge in [-0.05, 0) is 26.0 Å². The van der Waals surface area contributed by atoms with Crippen LogP contribution in [0.3, 0.4) is 0 Å². The number of methoxy groups -OCH3 is 1. The van der Waals surface area contributed by atoms with E-state index < -0.39 is 5.54 Å². The van der Waals surface area contributed by atoms with E-state index in [2.05, 4.69) is 5.32 Å². The first-order chi connectivity index (χ1) is 9.85. The van der Waals surface area contributed by atoms with Crippen LogP contribution in [-0.4, -0.2) is 35.9 Å². The third-order valence-electron chi connectivity index (χ3n) is 3.53. The van der Waals surface area contributed by atoms with Crippen LogP contribution in [0.15, 0.2) is 18.2 Å². The van der Waals surface area contributed by atoms with Crippen molar-refractivity contribution in [3.8, 4) is 5.75 Å². The molecule has 1 aliphatic heterocycles. The Hall–Kier alpha value is -1.75. The molecule has 1 fully saturated rings. The van der Waals surface area contributed by atoms with Crippen molar-refractivity contribution < 1.29 is 14.3 Å². The summed E-state index contributed by atoms with van der Waals surface area (Å²) in [7, 11) is 1.56. The number of carbonyl (C=O) groups is 2. The van der Waals surface area contributed by atoms with Crippen molar-refractivity contribution in [3.63, 3.8) is 0 Å². The summed E-state index contributed by atoms with van der Waals surface area (Å²) < 4.78 is 5.30. The fourth-order valence-corrected chi connectivity index (χ4v) is 2.65. The predicted octanol–water partition coefficient (Wildman–Crippen LogP) is 1.98. The van der Waals surface area contributed by atoms with E-state index in [9.17, 15) is 9.59 Å². The van der Waals surface area contributed by atoms with Gasteiger partial charge in [0, 0.05) is 23.6 Å². The largest absolute Gasteiger partial charge is 0.496 e. The molecule has 0 unspecified atom stereocenters. The zero-order chi connectivity index (χ0) is 15.6. The minimum atomic E-state index is -0.915. The Balaban J connectivity index is 2.30. The SMILES string of the molecule is COc1cccc(Cl)c1CN1CCC(=O)NC(C)(C)C1=O. The van der Waals surface area contributed by atoms with Gasteiger partial charge < -0.3 is 15.0 Å². The molecule has 1 saturated heterocycles. The van der Waals surface area contributed by atoms with Gasteiger partial charge in [0.15, 0.2) is 0 Å². The van der Waals surface area contributed by atoms with Gasteiger partial charge in [0.05, 0.1) is 13.7 Å². The van der Waals surface area contributed by atoms with Gasteiger partial charge in [-0.2, -0.15) is 0 Å². The first kappa shape index (κ1) is 15.6. The summed E-state index contributed by atoms with van der Waals surface area (Å²) in [4.78, 5) is 25.9. The summed E-state index contributed by atoms with van der Waals surface area (Å²) >= 11 is 6.22. The van der Waals surface area contributed by atoms with Crippen molar-refractivity contribution in [2.45, 2.75) is 32.4 Å². The Labute approximate surface area is 129 Å². The monoisotopic (exact) mass is 310 g/mol. The van der Waals surface area contributed by atoms with Crippen LogP contribution >= 0.6 is 11.6 Å². The van der Waals surface area contributed by atoms with Gasteiger partial charge in [-0.25, -0.2) is 0 Å². The second-order valence-electron chi connectivity index (χ2n) is 5.57. The summed E-state index contributed by atoms with van der Waals surface area (Å²) in [5.74, 6) is 0.383. The molecule has 5 nitrogen and oxygen atoms in total. The molecule has 0 aliphatic carbocycles. The average molecular weight is 311 g/mol. The number of halogens is 1. The number of hydrogen-bond donors (Lipinski definition) is 1. The number of ether oxygens (including phenoxy) is 1. The Bertz CT molecular complexity index is 572. The number of nitrogens with one attached hydrogen (secondary N) is 1. The molecule has 1 aromatic rings. The van der Waals surface area contributed by atoms with Crippen LogP contribution in [0, 0.1) is 0 Å². The molecule has 0 spiro atoms. The van der Waals surface area contributed by atoms with Crippen LogP contribution in [0.2, 0.25) is 5.02 Å². The molecule has 0 aromatic heterocycles. The lowest BCUT2D eigenvalue weighted by atomic mass is 10.0. The highest BCUT2D eigenvalue weighted by atomic mass is 35.5. The van der Waals surface area contributed by atoms with Gasteiger partial charge in [-0.15, -0.1) is 0 Å². The second kappa shape index (κ2) is 5.93. The highest BCUT2D eigenvalue weighted by Gasteiger charge is 2.36. The maximum absolute atomic E-state index is 12.6. The smallest absolute Gasteiger partial charge is 0.248 e. The minimum absolute atomic E-state index is 0.123. The van der Waals surface area contributed by atoms with Crippen LogP contribution in [0.1, 0.15) is 25.8 Å². The number of nitrogens with zero attached hydrogens (tertiary/aromatic N) is 1. The molecule has 21 heavy (non-hydrogen) atoms. The van der Waals surface area contributed by atoms with Crippen molar-refractivity contribution in [2.75, 3.05) is 13.7 Å². The van der Waals surface area contributed by atoms with Crippen LogP contribution < -0.4 is 10.1 Å². The van der Waals surface area contributed by atoms with Gasteiger partial charge >= 0.3 is 0 Å². The lowest BCUT2D eigenvalue weighted by molar-refractivity contribution is -0.137. The lowest BCUT2D eigenvalue weighted by Gasteiger charge is -2.29. The minimum Gasteiger partial charge on any atom is -0.496 e. The van der Waals surface area contributed by atoms with Crippen LogP contribution in [0.25, 0.3) is 0 Å². The number of rotatable bonds is 3. The second-order valence-corrected chi connectivity index (χ2v) is 5.98. The average Bonchev–Trinajstić information content (AvgIpc) is 2.51. The highest BCUT2D eigenvalue weighted by molar-refractivity contribution is 6.31. The quantitative estimate of drug-likeness (QED) is 0.928. The highest BCUT2D eigenvalue weighted by Crippen LogP contribution is 2.28. The Morgan fingerprint density at radius 3 is 2.76 bits per heavy atom. The van der Waals surface area contributed by atoms with Gasteiger partial charge in [0.25, 0.3) is 0 Å². The number of carbonyl (C=O) groups excluding carboxylic acids is 2. The summed E-state index contributed by atoms with van der Waals surface area (Å²) in [6, 6.07) is 5.36. The molecule has 114 valence electrons. The molecule has 1 heterocycles. The number of hydrogen-bond acceptors (Lipinski definition) is 3. The Kier molecular flexibility index (Phi) is 4.42. The van der Waals surface area contributed by atoms with E-state index in [0.717, 1.165) is 5.56 Å². The van der Waals surface area contributed by atoms with E-state index >= 15 is 0 Å². The van der Waals surface area contributed by atoms with Crippen molar-refractivity contribution >= 4 is 23.4 Å². The third kappa shape index (κ3) is 3.29. The molecule has 1 aromatic carbocycles. The molecule has 1 N–H and O–H groups in total. The molecule has 0 atom stereocenters. The van der Waals surface area contributed by atoms with E-state index in [1.165, 1.54) is 0 Å². The predicted molar refractivity (Wildman–Crippen MR) is 80.3 cm³/mol. The third-order valence-corrected chi connectivity index (χ3v) is 3.88. The molecule has 0 radical (unpaired) electrons. The Morgan fingerprint density at radius 1 is 1.38 bits per heavy atom. The lowest BCUT2D eigenvalue weighted by Crippen LogP contribution is -2.52. The maximum atomic E-state index is 12.6. The zero-order valence-electron chi connectivity index (χ0n) is 12.4. The molecule has 1 aliphatic rings. The summed E-state index contributed by atoms with van der Waals surface area (Å²) in [6.07, 6.45) is 0.280. The maximum Gasteiger partial charge on any atom is 0.248 e. The van der Waals surface area contributed by atoms with Crippen LogP contribution in [-0.2, 0) is 16.1 Å². The standard InChI is InChI=1S/C15H19ClN2O3/c1-15(2)14(20)18(8-7-13(19)17-15)9-10-11(16)5-4-6-12(10)21-3/h4-6H,7-9H2,1-3H3,(H,17,19). The molecule has 0 bridgehead atoms. The first-order valence-corrected chi connectivity index (χ1v) is 7.14. The summed E-state index contributed by atoms with van der Waals surface area (Å²) in [6.45, 7) is 4.09. The molecule has 0 saturated carbocycles. The van der Waals surface area contributed by atoms with Gasteiger partial charge in [0.1, 0.15) is 11.3 Å². The fourth-order valence-electron chi connectivity index (χ4n) is 2.42. The Morgan fingerprint density at radius 2 is 2.10 bits per heavy atom. The molecule has 6 heteroatoms. The molecule has 2 rings (SSSR count). The first-order valence-electron chi connectivity index (χ1n) is 6.77. The fraction of sp³-hybridized carbons (Fsp3) is 0.467. The molecular weight excluding hydrogens is 292 g/mol. The molecular formula is C15H19ClN2O3. The van der Waals surface area contributed by atoms with Gasteiger partial charge in [-0.1, -0.05) is 17.7 Å². The number of amides is 2. The topological polar surface area (TPSA) is 58.6 Å². The van der Waals surface area contributed by atoms with Gasteiger partial charge in [-0.3, -0.25) is 9.59 Å². The van der Waals surface area contributed by atoms with Gasteiger partial charge in [0.2, 0.25) is 11.8 Å². The van der Waals surface area contributed by atoms with E-state index in [1.807, 2.05) is 0 Å². The van der Waals surface area contributed by atoms with Crippen LogP contribution in [0.4, 0.5) is 0 Å². The van der Waals surface area contributed by atoms with E-state index in [1.54, 1.807) is 44.1 Å².